The van der Waals surface area contributed by atoms with Gasteiger partial charge in [0.15, 0.2) is 11.3 Å². The van der Waals surface area contributed by atoms with E-state index in [1.807, 2.05) is 0 Å². The lowest BCUT2D eigenvalue weighted by Crippen LogP contribution is -2.56. The molecule has 0 spiro atoms. The summed E-state index contributed by atoms with van der Waals surface area (Å²) in [6.07, 6.45) is 9.19. The lowest BCUT2D eigenvalue weighted by molar-refractivity contribution is -0.116. The topological polar surface area (TPSA) is 88.4 Å². The van der Waals surface area contributed by atoms with Crippen LogP contribution in [0, 0.1) is 0 Å². The average molecular weight is 362 g/mol. The third-order valence-corrected chi connectivity index (χ3v) is 4.88. The van der Waals surface area contributed by atoms with Crippen molar-refractivity contribution >= 4 is 29.1 Å². The molecular formula is C17H20ClN5O2. The Hall–Kier alpha value is -2.41. The van der Waals surface area contributed by atoms with Crippen LogP contribution >= 0.6 is 11.6 Å². The Morgan fingerprint density at radius 1 is 1.36 bits per heavy atom. The summed E-state index contributed by atoms with van der Waals surface area (Å²) in [5.74, 6) is -0.612. The summed E-state index contributed by atoms with van der Waals surface area (Å²) in [6.45, 7) is 3.81. The van der Waals surface area contributed by atoms with Crippen LogP contribution in [0.3, 0.4) is 0 Å². The van der Waals surface area contributed by atoms with Crippen molar-refractivity contribution < 1.29 is 9.59 Å². The van der Waals surface area contributed by atoms with Crippen LogP contribution in [-0.2, 0) is 4.79 Å². The predicted octanol–water partition coefficient (Wildman–Crippen LogP) is 2.12. The van der Waals surface area contributed by atoms with Crippen LogP contribution in [0.1, 0.15) is 42.6 Å². The van der Waals surface area contributed by atoms with Gasteiger partial charge in [0.25, 0.3) is 5.91 Å². The molecule has 0 atom stereocenters. The summed E-state index contributed by atoms with van der Waals surface area (Å²) < 4.78 is 1.48. The van der Waals surface area contributed by atoms with E-state index in [4.69, 9.17) is 11.6 Å². The van der Waals surface area contributed by atoms with Gasteiger partial charge in [-0.15, -0.1) is 0 Å². The highest BCUT2D eigenvalue weighted by atomic mass is 35.5. The molecule has 132 valence electrons. The minimum atomic E-state index is -0.499. The molecule has 2 N–H and O–H groups in total. The Morgan fingerprint density at radius 3 is 2.80 bits per heavy atom. The van der Waals surface area contributed by atoms with E-state index in [1.54, 1.807) is 18.5 Å². The molecule has 3 rings (SSSR count). The van der Waals surface area contributed by atoms with E-state index in [0.29, 0.717) is 12.2 Å². The molecule has 0 unspecified atom stereocenters. The quantitative estimate of drug-likeness (QED) is 0.798. The lowest BCUT2D eigenvalue weighted by Gasteiger charge is -2.38. The molecule has 0 bridgehead atoms. The van der Waals surface area contributed by atoms with Crippen LogP contribution in [0.5, 0.6) is 0 Å². The van der Waals surface area contributed by atoms with E-state index in [9.17, 15) is 9.59 Å². The average Bonchev–Trinajstić information content (AvgIpc) is 2.98. The molecule has 2 aromatic heterocycles. The van der Waals surface area contributed by atoms with Crippen LogP contribution in [-0.4, -0.2) is 38.5 Å². The third kappa shape index (κ3) is 3.66. The Balaban J connectivity index is 1.82. The van der Waals surface area contributed by atoms with E-state index >= 15 is 0 Å². The number of fused-ring (bicyclic) bond motifs is 1. The molecule has 1 aliphatic rings. The fourth-order valence-electron chi connectivity index (χ4n) is 3.21. The maximum absolute atomic E-state index is 12.8. The zero-order valence-electron chi connectivity index (χ0n) is 13.8. The largest absolute Gasteiger partial charge is 0.350 e. The first kappa shape index (κ1) is 17.4. The maximum atomic E-state index is 12.8. The van der Waals surface area contributed by atoms with Gasteiger partial charge in [0.05, 0.1) is 5.54 Å². The van der Waals surface area contributed by atoms with E-state index < -0.39 is 5.54 Å². The van der Waals surface area contributed by atoms with Crippen molar-refractivity contribution in [2.24, 2.45) is 0 Å². The molecule has 7 nitrogen and oxygen atoms in total. The predicted molar refractivity (Wildman–Crippen MR) is 94.5 cm³/mol. The number of nitrogens with one attached hydrogen (secondary N) is 2. The molecule has 0 aromatic carbocycles. The second kappa shape index (κ2) is 7.23. The monoisotopic (exact) mass is 361 g/mol. The van der Waals surface area contributed by atoms with Crippen LogP contribution < -0.4 is 10.6 Å². The van der Waals surface area contributed by atoms with E-state index in [2.05, 4.69) is 27.3 Å². The summed E-state index contributed by atoms with van der Waals surface area (Å²) in [4.78, 5) is 28.5. The van der Waals surface area contributed by atoms with Gasteiger partial charge in [-0.1, -0.05) is 37.4 Å². The molecule has 2 aromatic rings. The lowest BCUT2D eigenvalue weighted by atomic mass is 9.81. The smallest absolute Gasteiger partial charge is 0.273 e. The molecule has 0 saturated heterocycles. The third-order valence-electron chi connectivity index (χ3n) is 4.53. The van der Waals surface area contributed by atoms with Gasteiger partial charge in [0, 0.05) is 18.9 Å². The first-order chi connectivity index (χ1) is 12.0. The highest BCUT2D eigenvalue weighted by Gasteiger charge is 2.35. The molecule has 0 radical (unpaired) electrons. The Kier molecular flexibility index (Phi) is 5.03. The molecule has 25 heavy (non-hydrogen) atoms. The summed E-state index contributed by atoms with van der Waals surface area (Å²) in [7, 11) is 0. The first-order valence-corrected chi connectivity index (χ1v) is 8.64. The van der Waals surface area contributed by atoms with E-state index in [-0.39, 0.29) is 22.5 Å². The number of halogens is 1. The van der Waals surface area contributed by atoms with Crippen molar-refractivity contribution in [3.8, 4) is 0 Å². The maximum Gasteiger partial charge on any atom is 0.273 e. The van der Waals surface area contributed by atoms with Crippen molar-refractivity contribution in [3.63, 3.8) is 0 Å². The number of hydrogen-bond donors (Lipinski definition) is 2. The second-order valence-electron chi connectivity index (χ2n) is 6.27. The summed E-state index contributed by atoms with van der Waals surface area (Å²) in [6, 6.07) is 1.71. The second-order valence-corrected chi connectivity index (χ2v) is 6.65. The minimum Gasteiger partial charge on any atom is -0.350 e. The highest BCUT2D eigenvalue weighted by Crippen LogP contribution is 2.29. The van der Waals surface area contributed by atoms with E-state index in [1.165, 1.54) is 10.6 Å². The van der Waals surface area contributed by atoms with Gasteiger partial charge in [0.1, 0.15) is 5.02 Å². The molecule has 1 aliphatic carbocycles. The van der Waals surface area contributed by atoms with Crippen LogP contribution in [0.4, 0.5) is 0 Å². The number of carbonyl (C=O) groups is 2. The summed E-state index contributed by atoms with van der Waals surface area (Å²) >= 11 is 6.28. The number of amides is 2. The van der Waals surface area contributed by atoms with Crippen LogP contribution in [0.2, 0.25) is 5.02 Å². The van der Waals surface area contributed by atoms with Gasteiger partial charge in [-0.3, -0.25) is 9.59 Å². The standard InChI is InChI=1S/C17H20ClN5O2/c1-2-12(24)20-11-17(7-4-3-5-8-17)21-16(25)14-13(18)15-19-9-6-10-23(15)22-14/h2,6,9-10H,1,3-5,7-8,11H2,(H,20,24)(H,21,25). The van der Waals surface area contributed by atoms with Crippen molar-refractivity contribution in [1.29, 1.82) is 0 Å². The number of hydrogen-bond acceptors (Lipinski definition) is 4. The Bertz CT molecular complexity index is 810. The molecule has 0 aliphatic heterocycles. The highest BCUT2D eigenvalue weighted by molar-refractivity contribution is 6.36. The van der Waals surface area contributed by atoms with Gasteiger partial charge in [0.2, 0.25) is 5.91 Å². The van der Waals surface area contributed by atoms with Gasteiger partial charge in [-0.2, -0.15) is 5.10 Å². The fourth-order valence-corrected chi connectivity index (χ4v) is 3.47. The van der Waals surface area contributed by atoms with Crippen molar-refractivity contribution in [1.82, 2.24) is 25.2 Å². The van der Waals surface area contributed by atoms with Crippen LogP contribution in [0.15, 0.2) is 31.1 Å². The zero-order valence-corrected chi connectivity index (χ0v) is 14.6. The number of carbonyl (C=O) groups excluding carboxylic acids is 2. The van der Waals surface area contributed by atoms with E-state index in [0.717, 1.165) is 32.1 Å². The van der Waals surface area contributed by atoms with Crippen LogP contribution in [0.25, 0.3) is 5.65 Å². The van der Waals surface area contributed by atoms with Crippen molar-refractivity contribution in [2.75, 3.05) is 6.54 Å². The van der Waals surface area contributed by atoms with Gasteiger partial charge >= 0.3 is 0 Å². The Morgan fingerprint density at radius 2 is 2.12 bits per heavy atom. The Labute approximate surface area is 150 Å². The number of nitrogens with zero attached hydrogens (tertiary/aromatic N) is 3. The van der Waals surface area contributed by atoms with Gasteiger partial charge in [-0.05, 0) is 25.0 Å². The minimum absolute atomic E-state index is 0.139. The van der Waals surface area contributed by atoms with Crippen molar-refractivity contribution in [2.45, 2.75) is 37.6 Å². The number of aromatic nitrogens is 3. The zero-order chi connectivity index (χ0) is 17.9. The fraction of sp³-hybridized carbons (Fsp3) is 0.412. The molecule has 2 amide bonds. The molecule has 2 heterocycles. The molecular weight excluding hydrogens is 342 g/mol. The summed E-state index contributed by atoms with van der Waals surface area (Å²) in [5, 5.41) is 10.3. The molecule has 8 heteroatoms. The normalized spacial score (nSPS) is 16.4. The first-order valence-electron chi connectivity index (χ1n) is 8.26. The van der Waals surface area contributed by atoms with Gasteiger partial charge < -0.3 is 10.6 Å². The SMILES string of the molecule is C=CC(=O)NCC1(NC(=O)c2nn3cccnc3c2Cl)CCCCC1. The van der Waals surface area contributed by atoms with Crippen molar-refractivity contribution in [3.05, 3.63) is 41.8 Å². The van der Waals surface area contributed by atoms with Gasteiger partial charge in [-0.25, -0.2) is 9.50 Å². The molecule has 1 fully saturated rings. The number of rotatable bonds is 5. The summed E-state index contributed by atoms with van der Waals surface area (Å²) in [5.41, 5.74) is 0.0768. The molecule has 1 saturated carbocycles.